The number of aliphatic hydroxyl groups is 1. The van der Waals surface area contributed by atoms with Gasteiger partial charge in [-0.3, -0.25) is 4.79 Å². The molecule has 2 rings (SSSR count). The fourth-order valence-corrected chi connectivity index (χ4v) is 2.72. The smallest absolute Gasteiger partial charge is 0.225 e. The van der Waals surface area contributed by atoms with Gasteiger partial charge in [-0.2, -0.15) is 0 Å². The van der Waals surface area contributed by atoms with Gasteiger partial charge >= 0.3 is 0 Å². The van der Waals surface area contributed by atoms with Gasteiger partial charge < -0.3 is 14.7 Å². The van der Waals surface area contributed by atoms with Crippen LogP contribution in [0.25, 0.3) is 0 Å². The molecule has 0 aromatic heterocycles. The first-order chi connectivity index (χ1) is 9.54. The second-order valence-corrected chi connectivity index (χ2v) is 6.24. The highest BCUT2D eigenvalue weighted by Gasteiger charge is 2.28. The lowest BCUT2D eigenvalue weighted by Crippen LogP contribution is -2.39. The molecule has 110 valence electrons. The number of hydrogen-bond donors (Lipinski definition) is 1. The molecule has 0 unspecified atom stereocenters. The number of rotatable bonds is 6. The van der Waals surface area contributed by atoms with Crippen LogP contribution in [0.3, 0.4) is 0 Å². The third-order valence-corrected chi connectivity index (χ3v) is 4.04. The van der Waals surface area contributed by atoms with Crippen molar-refractivity contribution in [3.05, 3.63) is 28.7 Å². The first kappa shape index (κ1) is 15.3. The normalized spacial score (nSPS) is 21.1. The summed E-state index contributed by atoms with van der Waals surface area (Å²) in [6, 6.07) is 7.58. The Balaban J connectivity index is 1.66. The van der Waals surface area contributed by atoms with Crippen LogP contribution in [0, 0.1) is 5.92 Å². The number of nitrogens with zero attached hydrogens (tertiary/aromatic N) is 1. The van der Waals surface area contributed by atoms with Gasteiger partial charge in [0.15, 0.2) is 0 Å². The molecule has 1 aromatic carbocycles. The van der Waals surface area contributed by atoms with Crippen LogP contribution in [-0.4, -0.2) is 42.2 Å². The van der Waals surface area contributed by atoms with Crippen molar-refractivity contribution in [1.82, 2.24) is 4.90 Å². The highest BCUT2D eigenvalue weighted by atomic mass is 79.9. The molecular formula is C15H20BrNO3. The highest BCUT2D eigenvalue weighted by molar-refractivity contribution is 9.10. The number of ether oxygens (including phenoxy) is 1. The molecule has 0 spiro atoms. The lowest BCUT2D eigenvalue weighted by Gasteiger charge is -2.34. The van der Waals surface area contributed by atoms with Crippen LogP contribution in [0.4, 0.5) is 0 Å². The van der Waals surface area contributed by atoms with Crippen molar-refractivity contribution in [1.29, 1.82) is 0 Å². The molecule has 0 bridgehead atoms. The molecule has 0 atom stereocenters. The number of halogens is 1. The lowest BCUT2D eigenvalue weighted by atomic mass is 9.82. The summed E-state index contributed by atoms with van der Waals surface area (Å²) in [7, 11) is 1.81. The van der Waals surface area contributed by atoms with Crippen LogP contribution in [-0.2, 0) is 4.79 Å². The Bertz CT molecular complexity index is 460. The van der Waals surface area contributed by atoms with Gasteiger partial charge in [-0.1, -0.05) is 22.0 Å². The van der Waals surface area contributed by atoms with Crippen molar-refractivity contribution in [2.75, 3.05) is 20.2 Å². The molecule has 5 heteroatoms. The molecule has 1 aliphatic carbocycles. The zero-order chi connectivity index (χ0) is 14.5. The fraction of sp³-hybridized carbons (Fsp3) is 0.533. The summed E-state index contributed by atoms with van der Waals surface area (Å²) in [5.74, 6) is 1.29. The lowest BCUT2D eigenvalue weighted by molar-refractivity contribution is -0.132. The predicted octanol–water partition coefficient (Wildman–Crippen LogP) is 2.45. The van der Waals surface area contributed by atoms with E-state index in [1.165, 1.54) is 0 Å². The van der Waals surface area contributed by atoms with Crippen LogP contribution >= 0.6 is 15.9 Å². The Morgan fingerprint density at radius 1 is 1.50 bits per heavy atom. The third-order valence-electron chi connectivity index (χ3n) is 3.55. The monoisotopic (exact) mass is 341 g/mol. The molecule has 0 aliphatic heterocycles. The van der Waals surface area contributed by atoms with E-state index in [1.807, 2.05) is 31.3 Å². The number of hydrogen-bond acceptors (Lipinski definition) is 3. The van der Waals surface area contributed by atoms with Gasteiger partial charge in [-0.25, -0.2) is 0 Å². The van der Waals surface area contributed by atoms with Crippen LogP contribution in [0.2, 0.25) is 0 Å². The minimum atomic E-state index is -0.164. The average Bonchev–Trinajstić information content (AvgIpc) is 2.36. The summed E-state index contributed by atoms with van der Waals surface area (Å²) < 4.78 is 6.51. The van der Waals surface area contributed by atoms with Crippen LogP contribution in [0.1, 0.15) is 19.3 Å². The van der Waals surface area contributed by atoms with Gasteiger partial charge in [0.25, 0.3) is 0 Å². The molecule has 1 amide bonds. The Hall–Kier alpha value is -1.07. The first-order valence-corrected chi connectivity index (χ1v) is 7.64. The number of carbonyl (C=O) groups excluding carboxylic acids is 1. The molecule has 1 saturated carbocycles. The number of benzene rings is 1. The number of amides is 1. The molecule has 0 heterocycles. The molecule has 1 fully saturated rings. The topological polar surface area (TPSA) is 49.8 Å². The van der Waals surface area contributed by atoms with Crippen molar-refractivity contribution in [3.8, 4) is 5.75 Å². The van der Waals surface area contributed by atoms with Gasteiger partial charge in [-0.15, -0.1) is 0 Å². The Morgan fingerprint density at radius 2 is 2.25 bits per heavy atom. The van der Waals surface area contributed by atoms with Crippen LogP contribution < -0.4 is 4.74 Å². The zero-order valence-corrected chi connectivity index (χ0v) is 13.2. The average molecular weight is 342 g/mol. The van der Waals surface area contributed by atoms with E-state index in [2.05, 4.69) is 15.9 Å². The van der Waals surface area contributed by atoms with E-state index in [-0.39, 0.29) is 12.0 Å². The number of carbonyl (C=O) groups is 1. The van der Waals surface area contributed by atoms with Crippen LogP contribution in [0.5, 0.6) is 5.75 Å². The third kappa shape index (κ3) is 4.49. The van der Waals surface area contributed by atoms with Crippen LogP contribution in [0.15, 0.2) is 28.7 Å². The quantitative estimate of drug-likeness (QED) is 0.864. The standard InChI is InChI=1S/C15H20BrNO3/c1-17(10-11-7-13(18)8-11)15(19)5-6-20-14-4-2-3-12(16)9-14/h2-4,9,11,13,18H,5-8,10H2,1H3. The Morgan fingerprint density at radius 3 is 2.90 bits per heavy atom. The predicted molar refractivity (Wildman–Crippen MR) is 80.6 cm³/mol. The van der Waals surface area contributed by atoms with Crippen molar-refractivity contribution >= 4 is 21.8 Å². The SMILES string of the molecule is CN(CC1CC(O)C1)C(=O)CCOc1cccc(Br)c1. The van der Waals surface area contributed by atoms with Gasteiger partial charge in [0.05, 0.1) is 19.1 Å². The molecular weight excluding hydrogens is 322 g/mol. The molecule has 4 nitrogen and oxygen atoms in total. The van der Waals surface area contributed by atoms with E-state index in [9.17, 15) is 9.90 Å². The second-order valence-electron chi connectivity index (χ2n) is 5.32. The van der Waals surface area contributed by atoms with Gasteiger partial charge in [0.1, 0.15) is 5.75 Å². The maximum atomic E-state index is 11.9. The van der Waals surface area contributed by atoms with E-state index in [1.54, 1.807) is 4.90 Å². The van der Waals surface area contributed by atoms with E-state index >= 15 is 0 Å². The number of aliphatic hydroxyl groups excluding tert-OH is 1. The molecule has 20 heavy (non-hydrogen) atoms. The fourth-order valence-electron chi connectivity index (χ4n) is 2.34. The molecule has 0 saturated heterocycles. The zero-order valence-electron chi connectivity index (χ0n) is 11.6. The van der Waals surface area contributed by atoms with Gasteiger partial charge in [0.2, 0.25) is 5.91 Å². The minimum Gasteiger partial charge on any atom is -0.493 e. The van der Waals surface area contributed by atoms with Crippen molar-refractivity contribution < 1.29 is 14.6 Å². The summed E-state index contributed by atoms with van der Waals surface area (Å²) >= 11 is 3.38. The highest BCUT2D eigenvalue weighted by Crippen LogP contribution is 2.27. The second kappa shape index (κ2) is 7.09. The largest absolute Gasteiger partial charge is 0.493 e. The Labute approximate surface area is 127 Å². The van der Waals surface area contributed by atoms with E-state index < -0.39 is 0 Å². The summed E-state index contributed by atoms with van der Waals surface area (Å²) in [5, 5.41) is 9.23. The van der Waals surface area contributed by atoms with Gasteiger partial charge in [0, 0.05) is 18.1 Å². The van der Waals surface area contributed by atoms with Crippen molar-refractivity contribution in [3.63, 3.8) is 0 Å². The summed E-state index contributed by atoms with van der Waals surface area (Å²) in [6.07, 6.45) is 1.83. The van der Waals surface area contributed by atoms with Crippen molar-refractivity contribution in [2.45, 2.75) is 25.4 Å². The van der Waals surface area contributed by atoms with Gasteiger partial charge in [-0.05, 0) is 37.0 Å². The minimum absolute atomic E-state index is 0.0846. The molecule has 0 radical (unpaired) electrons. The van der Waals surface area contributed by atoms with Crippen molar-refractivity contribution in [2.24, 2.45) is 5.92 Å². The van der Waals surface area contributed by atoms with E-state index in [0.29, 0.717) is 18.9 Å². The summed E-state index contributed by atoms with van der Waals surface area (Å²) in [4.78, 5) is 13.7. The molecule has 1 aromatic rings. The molecule has 1 aliphatic rings. The maximum Gasteiger partial charge on any atom is 0.225 e. The summed E-state index contributed by atoms with van der Waals surface area (Å²) in [6.45, 7) is 1.11. The Kier molecular flexibility index (Phi) is 5.43. The van der Waals surface area contributed by atoms with E-state index in [0.717, 1.165) is 29.6 Å². The maximum absolute atomic E-state index is 11.9. The first-order valence-electron chi connectivity index (χ1n) is 6.85. The summed E-state index contributed by atoms with van der Waals surface area (Å²) in [5.41, 5.74) is 0. The van der Waals surface area contributed by atoms with E-state index in [4.69, 9.17) is 4.74 Å². The molecule has 1 N–H and O–H groups in total.